The molecule has 0 heterocycles. The molecule has 0 saturated heterocycles. The van der Waals surface area contributed by atoms with Gasteiger partial charge in [0, 0.05) is 6.04 Å². The second-order valence-electron chi connectivity index (χ2n) is 4.20. The highest BCUT2D eigenvalue weighted by Gasteiger charge is 2.39. The number of hydrogen-bond acceptors (Lipinski definition) is 5. The summed E-state index contributed by atoms with van der Waals surface area (Å²) < 4.78 is 0. The van der Waals surface area contributed by atoms with Gasteiger partial charge in [0.2, 0.25) is 0 Å². The van der Waals surface area contributed by atoms with Crippen LogP contribution in [0, 0.1) is 5.92 Å². The molecule has 0 amide bonds. The Kier molecular flexibility index (Phi) is 7.22. The molecule has 0 bridgehead atoms. The van der Waals surface area contributed by atoms with Crippen molar-refractivity contribution in [2.75, 3.05) is 13.1 Å². The number of carboxylic acid groups (broad SMARTS) is 4. The fraction of sp³-hybridized carbons (Fsp3) is 0.636. The van der Waals surface area contributed by atoms with Gasteiger partial charge >= 0.3 is 23.9 Å². The highest BCUT2D eigenvalue weighted by Crippen LogP contribution is 2.18. The van der Waals surface area contributed by atoms with E-state index in [-0.39, 0.29) is 6.42 Å². The van der Waals surface area contributed by atoms with E-state index in [4.69, 9.17) is 20.4 Å². The van der Waals surface area contributed by atoms with Crippen LogP contribution in [-0.2, 0) is 19.2 Å². The zero-order valence-corrected chi connectivity index (χ0v) is 10.9. The van der Waals surface area contributed by atoms with Gasteiger partial charge in [-0.1, -0.05) is 13.3 Å². The van der Waals surface area contributed by atoms with Crippen molar-refractivity contribution in [2.24, 2.45) is 5.92 Å². The smallest absolute Gasteiger partial charge is 0.319 e. The number of nitrogens with zero attached hydrogens (tertiary/aromatic N) is 1. The summed E-state index contributed by atoms with van der Waals surface area (Å²) in [7, 11) is 0. The lowest BCUT2D eigenvalue weighted by Gasteiger charge is -2.31. The minimum Gasteiger partial charge on any atom is -0.481 e. The van der Waals surface area contributed by atoms with Crippen molar-refractivity contribution in [1.82, 2.24) is 4.90 Å². The van der Waals surface area contributed by atoms with E-state index >= 15 is 0 Å². The second-order valence-corrected chi connectivity index (χ2v) is 4.20. The first-order valence-electron chi connectivity index (χ1n) is 5.83. The third-order valence-corrected chi connectivity index (χ3v) is 2.65. The van der Waals surface area contributed by atoms with Crippen LogP contribution in [0.15, 0.2) is 0 Å². The third kappa shape index (κ3) is 5.65. The fourth-order valence-corrected chi connectivity index (χ4v) is 1.93. The summed E-state index contributed by atoms with van der Waals surface area (Å²) in [5, 5.41) is 35.4. The predicted molar refractivity (Wildman–Crippen MR) is 64.3 cm³/mol. The van der Waals surface area contributed by atoms with E-state index in [0.717, 1.165) is 4.90 Å². The maximum Gasteiger partial charge on any atom is 0.319 e. The zero-order valence-electron chi connectivity index (χ0n) is 10.9. The fourth-order valence-electron chi connectivity index (χ4n) is 1.93. The second kappa shape index (κ2) is 8.10. The Morgan fingerprint density at radius 3 is 1.55 bits per heavy atom. The molecule has 0 aromatic rings. The van der Waals surface area contributed by atoms with Crippen molar-refractivity contribution in [1.29, 1.82) is 0 Å². The molecule has 0 aromatic carbocycles. The monoisotopic (exact) mass is 291 g/mol. The molecule has 9 heteroatoms. The predicted octanol–water partition coefficient (Wildman–Crippen LogP) is -0.588. The van der Waals surface area contributed by atoms with E-state index in [1.165, 1.54) is 0 Å². The Hall–Kier alpha value is -2.16. The largest absolute Gasteiger partial charge is 0.481 e. The van der Waals surface area contributed by atoms with Crippen molar-refractivity contribution >= 4 is 23.9 Å². The highest BCUT2D eigenvalue weighted by atomic mass is 16.4. The molecule has 0 saturated carbocycles. The molecule has 114 valence electrons. The Morgan fingerprint density at radius 2 is 1.30 bits per heavy atom. The Morgan fingerprint density at radius 1 is 0.900 bits per heavy atom. The van der Waals surface area contributed by atoms with Gasteiger partial charge in [0.15, 0.2) is 5.92 Å². The summed E-state index contributed by atoms with van der Waals surface area (Å²) in [6.45, 7) is 0.176. The number of carboxylic acids is 4. The molecule has 0 spiro atoms. The van der Waals surface area contributed by atoms with Gasteiger partial charge in [-0.2, -0.15) is 0 Å². The minimum atomic E-state index is -1.88. The van der Waals surface area contributed by atoms with Crippen LogP contribution in [0.4, 0.5) is 0 Å². The summed E-state index contributed by atoms with van der Waals surface area (Å²) in [4.78, 5) is 44.4. The van der Waals surface area contributed by atoms with Crippen molar-refractivity contribution in [3.8, 4) is 0 Å². The zero-order chi connectivity index (χ0) is 15.9. The van der Waals surface area contributed by atoms with Gasteiger partial charge in [-0.15, -0.1) is 0 Å². The molecule has 0 aliphatic heterocycles. The lowest BCUT2D eigenvalue weighted by molar-refractivity contribution is -0.161. The molecular weight excluding hydrogens is 274 g/mol. The van der Waals surface area contributed by atoms with Crippen LogP contribution in [0.5, 0.6) is 0 Å². The SMILES string of the molecule is CCCC(C(C(=O)O)C(=O)O)N(CC(=O)O)CC(=O)O. The molecular formula is C11H17NO8. The first-order valence-corrected chi connectivity index (χ1v) is 5.83. The van der Waals surface area contributed by atoms with Gasteiger partial charge in [-0.05, 0) is 6.42 Å². The normalized spacial score (nSPS) is 12.3. The summed E-state index contributed by atoms with van der Waals surface area (Å²) >= 11 is 0. The summed E-state index contributed by atoms with van der Waals surface area (Å²) in [5.41, 5.74) is 0. The molecule has 9 nitrogen and oxygen atoms in total. The highest BCUT2D eigenvalue weighted by molar-refractivity contribution is 5.94. The van der Waals surface area contributed by atoms with Crippen molar-refractivity contribution in [2.45, 2.75) is 25.8 Å². The maximum atomic E-state index is 11.0. The molecule has 0 aliphatic rings. The van der Waals surface area contributed by atoms with E-state index in [2.05, 4.69) is 0 Å². The van der Waals surface area contributed by atoms with Gasteiger partial charge in [-0.3, -0.25) is 24.1 Å². The van der Waals surface area contributed by atoms with E-state index in [1.807, 2.05) is 0 Å². The Labute approximate surface area is 114 Å². The van der Waals surface area contributed by atoms with Crippen LogP contribution in [-0.4, -0.2) is 68.3 Å². The van der Waals surface area contributed by atoms with Crippen molar-refractivity contribution in [3.63, 3.8) is 0 Å². The number of hydrogen-bond donors (Lipinski definition) is 4. The molecule has 0 rings (SSSR count). The van der Waals surface area contributed by atoms with Crippen LogP contribution < -0.4 is 0 Å². The van der Waals surface area contributed by atoms with Gasteiger partial charge in [0.1, 0.15) is 0 Å². The van der Waals surface area contributed by atoms with Gasteiger partial charge in [0.05, 0.1) is 13.1 Å². The molecule has 0 aliphatic carbocycles. The standard InChI is InChI=1S/C11H17NO8/c1-2-3-6(9(10(17)18)11(19)20)12(4-7(13)14)5-8(15)16/h6,9H,2-5H2,1H3,(H,13,14)(H,15,16)(H,17,18)(H,19,20). The molecule has 0 aromatic heterocycles. The number of carbonyl (C=O) groups is 4. The van der Waals surface area contributed by atoms with E-state index in [9.17, 15) is 19.2 Å². The lowest BCUT2D eigenvalue weighted by Crippen LogP contribution is -2.50. The minimum absolute atomic E-state index is 0.0594. The number of aliphatic carboxylic acids is 4. The molecule has 4 N–H and O–H groups in total. The molecule has 1 atom stereocenters. The van der Waals surface area contributed by atoms with E-state index in [0.29, 0.717) is 6.42 Å². The Bertz CT molecular complexity index is 364. The van der Waals surface area contributed by atoms with Crippen molar-refractivity contribution in [3.05, 3.63) is 0 Å². The average molecular weight is 291 g/mol. The van der Waals surface area contributed by atoms with Gasteiger partial charge in [0.25, 0.3) is 0 Å². The van der Waals surface area contributed by atoms with Crippen LogP contribution in [0.25, 0.3) is 0 Å². The topological polar surface area (TPSA) is 152 Å². The van der Waals surface area contributed by atoms with Gasteiger partial charge in [-0.25, -0.2) is 0 Å². The summed E-state index contributed by atoms with van der Waals surface area (Å²) in [6, 6.07) is -1.21. The van der Waals surface area contributed by atoms with Crippen LogP contribution >= 0.6 is 0 Å². The number of rotatable bonds is 10. The first-order chi connectivity index (χ1) is 9.20. The van der Waals surface area contributed by atoms with Crippen LogP contribution in [0.2, 0.25) is 0 Å². The summed E-state index contributed by atoms with van der Waals surface area (Å²) in [6.07, 6.45) is 0.446. The molecule has 0 radical (unpaired) electrons. The van der Waals surface area contributed by atoms with E-state index in [1.54, 1.807) is 6.92 Å². The lowest BCUT2D eigenvalue weighted by atomic mass is 9.94. The molecule has 1 unspecified atom stereocenters. The van der Waals surface area contributed by atoms with Crippen molar-refractivity contribution < 1.29 is 39.6 Å². The van der Waals surface area contributed by atoms with Crippen LogP contribution in [0.3, 0.4) is 0 Å². The van der Waals surface area contributed by atoms with E-state index < -0.39 is 48.9 Å². The average Bonchev–Trinajstić information content (AvgIpc) is 2.25. The molecule has 20 heavy (non-hydrogen) atoms. The van der Waals surface area contributed by atoms with Gasteiger partial charge < -0.3 is 20.4 Å². The maximum absolute atomic E-state index is 11.0. The van der Waals surface area contributed by atoms with Crippen LogP contribution in [0.1, 0.15) is 19.8 Å². The third-order valence-electron chi connectivity index (χ3n) is 2.65. The quantitative estimate of drug-likeness (QED) is 0.387. The Balaban J connectivity index is 5.41. The summed E-state index contributed by atoms with van der Waals surface area (Å²) in [5.74, 6) is -7.86. The first kappa shape index (κ1) is 17.8. The molecule has 0 fully saturated rings.